The Kier molecular flexibility index (Phi) is 8.56. The van der Waals surface area contributed by atoms with Crippen molar-refractivity contribution in [3.63, 3.8) is 0 Å². The van der Waals surface area contributed by atoms with E-state index in [1.54, 1.807) is 0 Å². The van der Waals surface area contributed by atoms with E-state index in [1.807, 2.05) is 13.8 Å². The molecule has 0 saturated carbocycles. The first-order chi connectivity index (χ1) is 16.7. The van der Waals surface area contributed by atoms with Crippen LogP contribution in [0.15, 0.2) is 18.2 Å². The second kappa shape index (κ2) is 11.6. The first-order valence-electron chi connectivity index (χ1n) is 11.7. The molecule has 1 saturated heterocycles. The number of benzene rings is 1. The van der Waals surface area contributed by atoms with E-state index in [9.17, 15) is 28.8 Å². The maximum absolute atomic E-state index is 13.0. The standard InChI is InChI=1S/C24H30N4O7/c1-14(2)26-18(29)9-4-3-5-12-25-20(31)13-35-17-8-6-7-15-21(17)24(34)28(23(15)33)16-10-11-19(30)27-22(16)32/h6-8,14,16H,3-5,9-13H2,1-2H3,(H,25,31)(H,26,29)(H,27,30,32). The molecule has 3 N–H and O–H groups in total. The highest BCUT2D eigenvalue weighted by atomic mass is 16.5. The highest BCUT2D eigenvalue weighted by molar-refractivity contribution is 6.24. The summed E-state index contributed by atoms with van der Waals surface area (Å²) in [7, 11) is 0. The molecule has 1 fully saturated rings. The monoisotopic (exact) mass is 486 g/mol. The Morgan fingerprint density at radius 2 is 1.86 bits per heavy atom. The summed E-state index contributed by atoms with van der Waals surface area (Å²) in [5, 5.41) is 7.69. The lowest BCUT2D eigenvalue weighted by atomic mass is 10.0. The van der Waals surface area contributed by atoms with Gasteiger partial charge in [-0.25, -0.2) is 0 Å². The first kappa shape index (κ1) is 25.9. The minimum absolute atomic E-state index is 0.00493. The molecule has 35 heavy (non-hydrogen) atoms. The zero-order valence-electron chi connectivity index (χ0n) is 19.8. The summed E-state index contributed by atoms with van der Waals surface area (Å²) in [4.78, 5) is 74.1. The third-order valence-corrected chi connectivity index (χ3v) is 5.64. The summed E-state index contributed by atoms with van der Waals surface area (Å²) in [6, 6.07) is 3.50. The van der Waals surface area contributed by atoms with Crippen molar-refractivity contribution in [1.29, 1.82) is 0 Å². The lowest BCUT2D eigenvalue weighted by Gasteiger charge is -2.27. The van der Waals surface area contributed by atoms with Crippen LogP contribution in [-0.2, 0) is 19.2 Å². The molecule has 11 nitrogen and oxygen atoms in total. The van der Waals surface area contributed by atoms with E-state index in [0.717, 1.165) is 17.7 Å². The summed E-state index contributed by atoms with van der Waals surface area (Å²) in [5.74, 6) is -2.79. The van der Waals surface area contributed by atoms with E-state index < -0.39 is 29.7 Å². The smallest absolute Gasteiger partial charge is 0.266 e. The van der Waals surface area contributed by atoms with Gasteiger partial charge in [-0.1, -0.05) is 12.5 Å². The maximum atomic E-state index is 13.0. The molecule has 1 unspecified atom stereocenters. The molecule has 0 radical (unpaired) electrons. The van der Waals surface area contributed by atoms with Gasteiger partial charge in [0.1, 0.15) is 11.8 Å². The molecule has 6 amide bonds. The highest BCUT2D eigenvalue weighted by Gasteiger charge is 2.46. The summed E-state index contributed by atoms with van der Waals surface area (Å²) >= 11 is 0. The molecule has 11 heteroatoms. The number of hydrogen-bond acceptors (Lipinski definition) is 7. The molecule has 1 atom stereocenters. The Morgan fingerprint density at radius 3 is 2.57 bits per heavy atom. The van der Waals surface area contributed by atoms with E-state index in [-0.39, 0.29) is 54.2 Å². The summed E-state index contributed by atoms with van der Waals surface area (Å²) < 4.78 is 5.54. The molecule has 2 heterocycles. The molecule has 188 valence electrons. The zero-order valence-corrected chi connectivity index (χ0v) is 19.8. The quantitative estimate of drug-likeness (QED) is 0.307. The third kappa shape index (κ3) is 6.43. The van der Waals surface area contributed by atoms with Crippen molar-refractivity contribution < 1.29 is 33.5 Å². The van der Waals surface area contributed by atoms with E-state index in [2.05, 4.69) is 16.0 Å². The number of piperidine rings is 1. The molecule has 1 aromatic rings. The van der Waals surface area contributed by atoms with Gasteiger partial charge in [-0.15, -0.1) is 0 Å². The van der Waals surface area contributed by atoms with E-state index in [1.165, 1.54) is 18.2 Å². The fourth-order valence-electron chi connectivity index (χ4n) is 4.01. The molecule has 2 aliphatic heterocycles. The van der Waals surface area contributed by atoms with Crippen LogP contribution in [0.2, 0.25) is 0 Å². The normalized spacial score (nSPS) is 17.3. The maximum Gasteiger partial charge on any atom is 0.266 e. The predicted octanol–water partition coefficient (Wildman–Crippen LogP) is 0.668. The van der Waals surface area contributed by atoms with Crippen LogP contribution in [0.1, 0.15) is 73.1 Å². The molecule has 0 bridgehead atoms. The van der Waals surface area contributed by atoms with Crippen molar-refractivity contribution >= 4 is 35.4 Å². The molecule has 1 aromatic carbocycles. The van der Waals surface area contributed by atoms with Gasteiger partial charge < -0.3 is 15.4 Å². The summed E-state index contributed by atoms with van der Waals surface area (Å²) in [6.45, 7) is 3.87. The number of nitrogens with zero attached hydrogens (tertiary/aromatic N) is 1. The highest BCUT2D eigenvalue weighted by Crippen LogP contribution is 2.33. The molecular formula is C24H30N4O7. The molecule has 0 spiro atoms. The Labute approximate surface area is 202 Å². The van der Waals surface area contributed by atoms with Crippen LogP contribution >= 0.6 is 0 Å². The van der Waals surface area contributed by atoms with E-state index in [0.29, 0.717) is 19.4 Å². The number of nitrogens with one attached hydrogen (secondary N) is 3. The number of ether oxygens (including phenoxy) is 1. The Bertz CT molecular complexity index is 1040. The van der Waals surface area contributed by atoms with Crippen molar-refractivity contribution in [3.8, 4) is 5.75 Å². The van der Waals surface area contributed by atoms with Crippen LogP contribution in [0.25, 0.3) is 0 Å². The van der Waals surface area contributed by atoms with Crippen LogP contribution in [-0.4, -0.2) is 65.6 Å². The predicted molar refractivity (Wildman–Crippen MR) is 123 cm³/mol. The SMILES string of the molecule is CC(C)NC(=O)CCCCCNC(=O)COc1cccc2c1C(=O)N(C1CCC(=O)NC1=O)C2=O. The first-order valence-corrected chi connectivity index (χ1v) is 11.7. The summed E-state index contributed by atoms with van der Waals surface area (Å²) in [6.07, 6.45) is 2.73. The van der Waals surface area contributed by atoms with E-state index >= 15 is 0 Å². The molecule has 3 rings (SSSR count). The number of imide groups is 2. The molecular weight excluding hydrogens is 456 g/mol. The van der Waals surface area contributed by atoms with Gasteiger partial charge >= 0.3 is 0 Å². The topological polar surface area (TPSA) is 151 Å². The molecule has 0 aromatic heterocycles. The summed E-state index contributed by atoms with van der Waals surface area (Å²) in [5.41, 5.74) is 0.0776. The van der Waals surface area contributed by atoms with Crippen molar-refractivity contribution in [2.75, 3.05) is 13.2 Å². The lowest BCUT2D eigenvalue weighted by molar-refractivity contribution is -0.136. The third-order valence-electron chi connectivity index (χ3n) is 5.64. The van der Waals surface area contributed by atoms with Crippen LogP contribution in [0.3, 0.4) is 0 Å². The number of carbonyl (C=O) groups excluding carboxylic acids is 6. The van der Waals surface area contributed by atoms with Gasteiger partial charge in [0.05, 0.1) is 11.1 Å². The van der Waals surface area contributed by atoms with Crippen molar-refractivity contribution in [2.24, 2.45) is 0 Å². The molecule has 2 aliphatic rings. The fourth-order valence-corrected chi connectivity index (χ4v) is 4.01. The van der Waals surface area contributed by atoms with Gasteiger partial charge in [0, 0.05) is 25.4 Å². The van der Waals surface area contributed by atoms with Crippen LogP contribution < -0.4 is 20.7 Å². The van der Waals surface area contributed by atoms with E-state index in [4.69, 9.17) is 4.74 Å². The second-order valence-corrected chi connectivity index (χ2v) is 8.80. The van der Waals surface area contributed by atoms with Crippen LogP contribution in [0.4, 0.5) is 0 Å². The van der Waals surface area contributed by atoms with Crippen LogP contribution in [0.5, 0.6) is 5.75 Å². The Balaban J connectivity index is 1.48. The van der Waals surface area contributed by atoms with Crippen LogP contribution in [0, 0.1) is 0 Å². The van der Waals surface area contributed by atoms with Gasteiger partial charge in [-0.05, 0) is 45.2 Å². The number of hydrogen-bond donors (Lipinski definition) is 3. The fraction of sp³-hybridized carbons (Fsp3) is 0.500. The number of rotatable bonds is 11. The van der Waals surface area contributed by atoms with Gasteiger partial charge in [0.15, 0.2) is 6.61 Å². The molecule has 0 aliphatic carbocycles. The number of unbranched alkanes of at least 4 members (excludes halogenated alkanes) is 2. The largest absolute Gasteiger partial charge is 0.483 e. The number of amides is 6. The van der Waals surface area contributed by atoms with Gasteiger partial charge in [0.25, 0.3) is 17.7 Å². The van der Waals surface area contributed by atoms with Gasteiger partial charge in [-0.2, -0.15) is 0 Å². The van der Waals surface area contributed by atoms with Crippen molar-refractivity contribution in [2.45, 2.75) is 64.5 Å². The van der Waals surface area contributed by atoms with Gasteiger partial charge in [0.2, 0.25) is 17.7 Å². The Morgan fingerprint density at radius 1 is 1.09 bits per heavy atom. The average molecular weight is 487 g/mol. The average Bonchev–Trinajstić information content (AvgIpc) is 3.05. The minimum atomic E-state index is -1.08. The zero-order chi connectivity index (χ0) is 25.5. The minimum Gasteiger partial charge on any atom is -0.483 e. The van der Waals surface area contributed by atoms with Crippen molar-refractivity contribution in [1.82, 2.24) is 20.9 Å². The van der Waals surface area contributed by atoms with Gasteiger partial charge in [-0.3, -0.25) is 39.0 Å². The lowest BCUT2D eigenvalue weighted by Crippen LogP contribution is -2.54. The Hall–Kier alpha value is -3.76. The number of fused-ring (bicyclic) bond motifs is 1. The second-order valence-electron chi connectivity index (χ2n) is 8.80. The number of carbonyl (C=O) groups is 6. The van der Waals surface area contributed by atoms with Crippen molar-refractivity contribution in [3.05, 3.63) is 29.3 Å².